The molecular weight excluding hydrogens is 923 g/mol. The van der Waals surface area contributed by atoms with Crippen LogP contribution in [-0.2, 0) is 33.4 Å². The van der Waals surface area contributed by atoms with Crippen LogP contribution < -0.4 is 10.6 Å². The van der Waals surface area contributed by atoms with Crippen molar-refractivity contribution < 1.29 is 43.3 Å². The van der Waals surface area contributed by atoms with Crippen molar-refractivity contribution in [1.29, 1.82) is 0 Å². The van der Waals surface area contributed by atoms with Crippen LogP contribution in [0.1, 0.15) is 107 Å². The molecule has 4 rings (SSSR count). The number of nitrogens with zero attached hydrogens (tertiary/aromatic N) is 6. The fourth-order valence-electron chi connectivity index (χ4n) is 8.98. The maximum Gasteiger partial charge on any atom is 0.410 e. The largest absolute Gasteiger partial charge is 0.448 e. The normalized spacial score (nSPS) is 18.2. The Kier molecular flexibility index (Phi) is 21.6. The van der Waals surface area contributed by atoms with Crippen LogP contribution in [0.4, 0.5) is 4.79 Å². The van der Waals surface area contributed by atoms with E-state index in [1.165, 1.54) is 54.1 Å². The smallest absolute Gasteiger partial charge is 0.410 e. The molecule has 1 saturated heterocycles. The predicted octanol–water partition coefficient (Wildman–Crippen LogP) is 6.26. The molecule has 1 aliphatic heterocycles. The van der Waals surface area contributed by atoms with Crippen LogP contribution in [-0.4, -0.2) is 158 Å². The number of fused-ring (bicyclic) bond motifs is 1. The minimum atomic E-state index is -0.973. The number of methoxy groups -OCH3 is 2. The number of imidazole rings is 1. The number of aliphatic hydroxyl groups excluding tert-OH is 1. The summed E-state index contributed by atoms with van der Waals surface area (Å²) in [4.78, 5) is 90.8. The Labute approximate surface area is 416 Å². The maximum atomic E-state index is 14.7. The SMILES string of the molecule is CC[C@H](C)[C@@H]([C@@H](CC(=O)N1CCC[C@H]1[C@H](OC)[C@@H](C)C(=O)N[C@H](C)[C@@H](O)c1ccccc1)OC)N(C)C(=O)[C@@H](NC(=O)[C@H](C(C)C)N(C)C(=O)OCC(C)(C)SSc1nc2ncncc2[nH]1)C(C)C. The van der Waals surface area contributed by atoms with E-state index in [1.54, 1.807) is 49.0 Å². The van der Waals surface area contributed by atoms with Gasteiger partial charge < -0.3 is 44.7 Å². The third kappa shape index (κ3) is 15.0. The minimum Gasteiger partial charge on any atom is -0.448 e. The zero-order valence-corrected chi connectivity index (χ0v) is 44.6. The second-order valence-corrected chi connectivity index (χ2v) is 22.4. The zero-order valence-electron chi connectivity index (χ0n) is 42.9. The number of aromatic nitrogens is 4. The summed E-state index contributed by atoms with van der Waals surface area (Å²) in [6.45, 7) is 19.3. The Balaban J connectivity index is 1.42. The van der Waals surface area contributed by atoms with Gasteiger partial charge in [0.15, 0.2) is 10.8 Å². The van der Waals surface area contributed by atoms with Crippen molar-refractivity contribution in [2.45, 2.75) is 153 Å². The van der Waals surface area contributed by atoms with Gasteiger partial charge >= 0.3 is 6.09 Å². The van der Waals surface area contributed by atoms with Gasteiger partial charge in [0.25, 0.3) is 0 Å². The number of nitrogens with one attached hydrogen (secondary N) is 3. The van der Waals surface area contributed by atoms with Crippen molar-refractivity contribution in [1.82, 2.24) is 45.3 Å². The molecule has 69 heavy (non-hydrogen) atoms. The van der Waals surface area contributed by atoms with Crippen LogP contribution >= 0.6 is 21.6 Å². The molecule has 2 aromatic heterocycles. The van der Waals surface area contributed by atoms with Crippen molar-refractivity contribution in [2.75, 3.05) is 41.5 Å². The van der Waals surface area contributed by atoms with Gasteiger partial charge in [-0.15, -0.1) is 0 Å². The minimum absolute atomic E-state index is 0.0406. The summed E-state index contributed by atoms with van der Waals surface area (Å²) < 4.78 is 17.3. The number of hydrogen-bond donors (Lipinski definition) is 4. The molecule has 5 amide bonds. The summed E-state index contributed by atoms with van der Waals surface area (Å²) in [6.07, 6.45) is 2.13. The van der Waals surface area contributed by atoms with E-state index < -0.39 is 71.2 Å². The maximum absolute atomic E-state index is 14.7. The number of hydrogen-bond acceptors (Lipinski definition) is 14. The highest BCUT2D eigenvalue weighted by atomic mass is 33.1. The number of likely N-dealkylation sites (N-methyl/N-ethyl adjacent to an activating group) is 2. The van der Waals surface area contributed by atoms with E-state index in [0.717, 1.165) is 6.42 Å². The van der Waals surface area contributed by atoms with Gasteiger partial charge in [-0.05, 0) is 67.7 Å². The average molecular weight is 1000 g/mol. The number of ether oxygens (including phenoxy) is 3. The molecule has 3 heterocycles. The fraction of sp³-hybridized carbons (Fsp3) is 0.673. The van der Waals surface area contributed by atoms with E-state index in [9.17, 15) is 29.1 Å². The number of H-pyrrole nitrogens is 1. The monoisotopic (exact) mass is 1000 g/mol. The second kappa shape index (κ2) is 26.1. The van der Waals surface area contributed by atoms with Crippen LogP contribution in [0.15, 0.2) is 48.0 Å². The molecule has 0 bridgehead atoms. The van der Waals surface area contributed by atoms with Crippen LogP contribution in [0.5, 0.6) is 0 Å². The first-order valence-electron chi connectivity index (χ1n) is 23.9. The summed E-state index contributed by atoms with van der Waals surface area (Å²) in [6, 6.07) is 5.67. The molecule has 3 aromatic rings. The summed E-state index contributed by atoms with van der Waals surface area (Å²) >= 11 is 0. The van der Waals surface area contributed by atoms with Gasteiger partial charge in [-0.3, -0.25) is 24.1 Å². The number of likely N-dealkylation sites (tertiary alicyclic amines) is 1. The zero-order chi connectivity index (χ0) is 51.3. The van der Waals surface area contributed by atoms with Crippen LogP contribution in [0.2, 0.25) is 0 Å². The molecule has 4 N–H and O–H groups in total. The second-order valence-electron chi connectivity index (χ2n) is 19.6. The fourth-order valence-corrected chi connectivity index (χ4v) is 11.0. The number of carbonyl (C=O) groups is 5. The van der Waals surface area contributed by atoms with Crippen LogP contribution in [0.25, 0.3) is 11.2 Å². The van der Waals surface area contributed by atoms with Crippen molar-refractivity contribution in [2.24, 2.45) is 23.7 Å². The number of rotatable bonds is 25. The lowest BCUT2D eigenvalue weighted by Gasteiger charge is -2.41. The van der Waals surface area contributed by atoms with Crippen molar-refractivity contribution in [3.8, 4) is 0 Å². The molecule has 10 atom stereocenters. The lowest BCUT2D eigenvalue weighted by Crippen LogP contribution is -2.60. The first-order chi connectivity index (χ1) is 32.6. The third-order valence-electron chi connectivity index (χ3n) is 13.1. The highest BCUT2D eigenvalue weighted by Crippen LogP contribution is 2.40. The molecule has 0 aliphatic carbocycles. The van der Waals surface area contributed by atoms with Crippen molar-refractivity contribution in [3.63, 3.8) is 0 Å². The Bertz CT molecular complexity index is 2110. The molecule has 1 aromatic carbocycles. The van der Waals surface area contributed by atoms with Gasteiger partial charge in [0, 0.05) is 34.9 Å². The van der Waals surface area contributed by atoms with Crippen molar-refractivity contribution in [3.05, 3.63) is 48.4 Å². The number of benzene rings is 1. The van der Waals surface area contributed by atoms with Gasteiger partial charge in [-0.1, -0.05) is 96.0 Å². The van der Waals surface area contributed by atoms with Gasteiger partial charge in [0.1, 0.15) is 30.5 Å². The molecular formula is C49H77N9O9S2. The Morgan fingerprint density at radius 1 is 0.957 bits per heavy atom. The molecule has 0 unspecified atom stereocenters. The van der Waals surface area contributed by atoms with Gasteiger partial charge in [0.2, 0.25) is 23.6 Å². The highest BCUT2D eigenvalue weighted by molar-refractivity contribution is 8.77. The summed E-state index contributed by atoms with van der Waals surface area (Å²) in [5.74, 6) is -2.79. The van der Waals surface area contributed by atoms with Gasteiger partial charge in [0.05, 0.1) is 59.7 Å². The molecule has 20 heteroatoms. The van der Waals surface area contributed by atoms with Gasteiger partial charge in [-0.25, -0.2) is 19.7 Å². The topological polar surface area (TPSA) is 222 Å². The Hall–Kier alpha value is -4.50. The van der Waals surface area contributed by atoms with E-state index in [-0.39, 0.29) is 48.5 Å². The Morgan fingerprint density at radius 2 is 1.64 bits per heavy atom. The average Bonchev–Trinajstić information content (AvgIpc) is 3.99. The quantitative estimate of drug-likeness (QED) is 0.0689. The van der Waals surface area contributed by atoms with E-state index in [4.69, 9.17) is 14.2 Å². The molecule has 0 saturated carbocycles. The number of aliphatic hydroxyl groups is 1. The summed E-state index contributed by atoms with van der Waals surface area (Å²) in [5.41, 5.74) is 1.96. The van der Waals surface area contributed by atoms with E-state index in [2.05, 4.69) is 30.6 Å². The predicted molar refractivity (Wildman–Crippen MR) is 269 cm³/mol. The van der Waals surface area contributed by atoms with E-state index in [0.29, 0.717) is 41.3 Å². The molecule has 0 radical (unpaired) electrons. The van der Waals surface area contributed by atoms with E-state index in [1.807, 2.05) is 73.6 Å². The molecule has 18 nitrogen and oxygen atoms in total. The third-order valence-corrected chi connectivity index (χ3v) is 16.2. The van der Waals surface area contributed by atoms with E-state index >= 15 is 0 Å². The lowest BCUT2D eigenvalue weighted by atomic mass is 9.89. The molecule has 1 fully saturated rings. The number of aromatic amines is 1. The summed E-state index contributed by atoms with van der Waals surface area (Å²) in [5, 5.41) is 17.5. The van der Waals surface area contributed by atoms with Crippen molar-refractivity contribution >= 4 is 62.5 Å². The number of carbonyl (C=O) groups excluding carboxylic acids is 5. The van der Waals surface area contributed by atoms with Gasteiger partial charge in [-0.2, -0.15) is 0 Å². The first kappa shape index (κ1) is 57.1. The molecule has 384 valence electrons. The molecule has 1 aliphatic rings. The highest BCUT2D eigenvalue weighted by Gasteiger charge is 2.44. The lowest BCUT2D eigenvalue weighted by molar-refractivity contribution is -0.148. The number of amides is 5. The summed E-state index contributed by atoms with van der Waals surface area (Å²) in [7, 11) is 9.12. The standard InChI is InChI=1S/C49H77N9O9S2/c1-15-30(6)40(36(65-13)24-37(59)58-23-19-22-35(58)42(66-14)31(7)44(61)52-32(8)41(60)33-20-17-16-18-21-33)56(11)46(63)38(28(2)3)54-45(62)39(29(4)5)57(12)48(64)67-26-49(9,10)69-68-47-53-34-25-50-27-51-43(34)55-47/h16-18,20-21,25,27-32,35-36,38-42,60H,15,19,22-24,26H2,1-14H3,(H,52,61)(H,54,62)(H,50,51,53,55)/t30-,31+,32+,35-,36+,38-,39-,40-,41+,42+/m0/s1. The molecule has 0 spiro atoms. The first-order valence-corrected chi connectivity index (χ1v) is 26.1. The van der Waals surface area contributed by atoms with Crippen LogP contribution in [0, 0.1) is 23.7 Å². The Morgan fingerprint density at radius 3 is 2.23 bits per heavy atom. The van der Waals surface area contributed by atoms with Crippen LogP contribution in [0.3, 0.4) is 0 Å².